The van der Waals surface area contributed by atoms with Gasteiger partial charge in [-0.1, -0.05) is 30.3 Å². The van der Waals surface area contributed by atoms with Gasteiger partial charge in [0, 0.05) is 31.1 Å². The Hall–Kier alpha value is -3.46. The maximum atomic E-state index is 13.0. The Morgan fingerprint density at radius 2 is 1.78 bits per heavy atom. The number of carbonyl (C=O) groups excluding carboxylic acids is 4. The second-order valence-electron chi connectivity index (χ2n) is 7.18. The van der Waals surface area contributed by atoms with Crippen LogP contribution in [0, 0.1) is 5.82 Å². The van der Waals surface area contributed by atoms with E-state index >= 15 is 0 Å². The number of amides is 4. The molecule has 0 spiro atoms. The smallest absolute Gasteiger partial charge is 0.293 e. The maximum Gasteiger partial charge on any atom is 0.293 e. The van der Waals surface area contributed by atoms with Crippen LogP contribution in [-0.4, -0.2) is 47.0 Å². The maximum absolute atomic E-state index is 13.0. The molecule has 3 rings (SSSR count). The minimum atomic E-state index is -0.456. The average Bonchev–Trinajstić information content (AvgIpc) is 3.03. The zero-order valence-corrected chi connectivity index (χ0v) is 18.2. The minimum Gasteiger partial charge on any atom is -0.354 e. The highest BCUT2D eigenvalue weighted by Gasteiger charge is 2.34. The van der Waals surface area contributed by atoms with Crippen molar-refractivity contribution in [2.75, 3.05) is 13.1 Å². The van der Waals surface area contributed by atoms with E-state index in [-0.39, 0.29) is 42.0 Å². The number of hydrogen-bond donors (Lipinski definition) is 2. The first-order valence-corrected chi connectivity index (χ1v) is 10.8. The van der Waals surface area contributed by atoms with Crippen molar-refractivity contribution in [3.05, 3.63) is 76.4 Å². The molecule has 0 saturated carbocycles. The van der Waals surface area contributed by atoms with Crippen LogP contribution in [0.1, 0.15) is 29.3 Å². The number of nitrogens with zero attached hydrogens (tertiary/aromatic N) is 1. The van der Waals surface area contributed by atoms with Crippen molar-refractivity contribution >= 4 is 40.8 Å². The van der Waals surface area contributed by atoms with Crippen LogP contribution in [-0.2, 0) is 9.59 Å². The number of hydrogen-bond acceptors (Lipinski definition) is 5. The summed E-state index contributed by atoms with van der Waals surface area (Å²) in [6.07, 6.45) is 1.59. The third-order valence-corrected chi connectivity index (χ3v) is 5.51. The minimum absolute atomic E-state index is 0.0297. The van der Waals surface area contributed by atoms with Crippen molar-refractivity contribution in [1.29, 1.82) is 0 Å². The van der Waals surface area contributed by atoms with Gasteiger partial charge in [0.15, 0.2) is 0 Å². The lowest BCUT2D eigenvalue weighted by atomic mass is 10.1. The summed E-state index contributed by atoms with van der Waals surface area (Å²) in [5.41, 5.74) is 1.12. The van der Waals surface area contributed by atoms with Crippen molar-refractivity contribution in [3.63, 3.8) is 0 Å². The summed E-state index contributed by atoms with van der Waals surface area (Å²) in [6, 6.07) is 13.9. The molecule has 1 aliphatic rings. The SMILES string of the molecule is CC(CC(=O)NCCN1C(=O)S/C(=C\c2ccc(F)cc2)C1=O)NC(=O)c1ccccc1. The number of carbonyl (C=O) groups is 4. The predicted molar refractivity (Wildman–Crippen MR) is 120 cm³/mol. The number of thioether (sulfide) groups is 1. The lowest BCUT2D eigenvalue weighted by Crippen LogP contribution is -2.40. The Morgan fingerprint density at radius 1 is 1.09 bits per heavy atom. The van der Waals surface area contributed by atoms with E-state index in [0.717, 1.165) is 16.7 Å². The molecule has 0 bridgehead atoms. The first-order valence-electron chi connectivity index (χ1n) is 9.97. The third kappa shape index (κ3) is 6.27. The van der Waals surface area contributed by atoms with Gasteiger partial charge in [0.1, 0.15) is 5.82 Å². The molecule has 1 atom stereocenters. The largest absolute Gasteiger partial charge is 0.354 e. The second-order valence-corrected chi connectivity index (χ2v) is 8.17. The van der Waals surface area contributed by atoms with Crippen LogP contribution < -0.4 is 10.6 Å². The highest BCUT2D eigenvalue weighted by atomic mass is 32.2. The Kier molecular flexibility index (Phi) is 7.77. The van der Waals surface area contributed by atoms with Crippen molar-refractivity contribution < 1.29 is 23.6 Å². The van der Waals surface area contributed by atoms with Crippen molar-refractivity contribution in [2.24, 2.45) is 0 Å². The van der Waals surface area contributed by atoms with Gasteiger partial charge in [0.2, 0.25) is 5.91 Å². The van der Waals surface area contributed by atoms with E-state index in [0.29, 0.717) is 11.1 Å². The summed E-state index contributed by atoms with van der Waals surface area (Å²) in [5, 5.41) is 4.98. The summed E-state index contributed by atoms with van der Waals surface area (Å²) in [7, 11) is 0. The molecule has 7 nitrogen and oxygen atoms in total. The monoisotopic (exact) mass is 455 g/mol. The molecular weight excluding hydrogens is 433 g/mol. The quantitative estimate of drug-likeness (QED) is 0.596. The molecule has 2 aromatic rings. The van der Waals surface area contributed by atoms with E-state index < -0.39 is 17.2 Å². The highest BCUT2D eigenvalue weighted by Crippen LogP contribution is 2.31. The van der Waals surface area contributed by atoms with E-state index in [2.05, 4.69) is 10.6 Å². The zero-order chi connectivity index (χ0) is 23.1. The molecule has 2 aromatic carbocycles. The van der Waals surface area contributed by atoms with E-state index in [4.69, 9.17) is 0 Å². The molecular formula is C23H22FN3O4S. The fourth-order valence-electron chi connectivity index (χ4n) is 3.01. The van der Waals surface area contributed by atoms with Crippen LogP contribution in [0.25, 0.3) is 6.08 Å². The summed E-state index contributed by atoms with van der Waals surface area (Å²) in [6.45, 7) is 1.85. The van der Waals surface area contributed by atoms with Crippen LogP contribution in [0.5, 0.6) is 0 Å². The van der Waals surface area contributed by atoms with Crippen LogP contribution in [0.3, 0.4) is 0 Å². The average molecular weight is 456 g/mol. The lowest BCUT2D eigenvalue weighted by molar-refractivity contribution is -0.124. The fraction of sp³-hybridized carbons (Fsp3) is 0.217. The standard InChI is InChI=1S/C23H22FN3O4S/c1-15(26-21(29)17-5-3-2-4-6-17)13-20(28)25-11-12-27-22(30)19(32-23(27)31)14-16-7-9-18(24)10-8-16/h2-10,14-15H,11-13H2,1H3,(H,25,28)(H,26,29)/b19-14-. The van der Waals surface area contributed by atoms with E-state index in [1.165, 1.54) is 30.3 Å². The van der Waals surface area contributed by atoms with Gasteiger partial charge in [-0.3, -0.25) is 24.1 Å². The molecule has 1 unspecified atom stereocenters. The van der Waals surface area contributed by atoms with Gasteiger partial charge >= 0.3 is 0 Å². The molecule has 32 heavy (non-hydrogen) atoms. The topological polar surface area (TPSA) is 95.6 Å². The van der Waals surface area contributed by atoms with Crippen molar-refractivity contribution in [2.45, 2.75) is 19.4 Å². The number of benzene rings is 2. The number of halogens is 1. The Morgan fingerprint density at radius 3 is 2.47 bits per heavy atom. The lowest BCUT2D eigenvalue weighted by Gasteiger charge is -2.15. The number of rotatable bonds is 8. The summed E-state index contributed by atoms with van der Waals surface area (Å²) >= 11 is 0.800. The molecule has 1 saturated heterocycles. The van der Waals surface area contributed by atoms with Gasteiger partial charge in [0.05, 0.1) is 4.91 Å². The molecule has 1 heterocycles. The Bertz CT molecular complexity index is 1040. The Balaban J connectivity index is 1.44. The fourth-order valence-corrected chi connectivity index (χ4v) is 3.87. The van der Waals surface area contributed by atoms with Crippen molar-refractivity contribution in [1.82, 2.24) is 15.5 Å². The molecule has 0 aromatic heterocycles. The van der Waals surface area contributed by atoms with Crippen LogP contribution in [0.4, 0.5) is 9.18 Å². The molecule has 1 aliphatic heterocycles. The van der Waals surface area contributed by atoms with Gasteiger partial charge in [-0.2, -0.15) is 0 Å². The van der Waals surface area contributed by atoms with Crippen LogP contribution >= 0.6 is 11.8 Å². The zero-order valence-electron chi connectivity index (χ0n) is 17.3. The van der Waals surface area contributed by atoms with Gasteiger partial charge in [-0.15, -0.1) is 0 Å². The predicted octanol–water partition coefficient (Wildman–Crippen LogP) is 3.19. The summed E-state index contributed by atoms with van der Waals surface area (Å²) in [5.74, 6) is -1.42. The normalized spacial score (nSPS) is 15.7. The molecule has 166 valence electrons. The molecule has 9 heteroatoms. The van der Waals surface area contributed by atoms with E-state index in [1.807, 2.05) is 6.07 Å². The first-order chi connectivity index (χ1) is 15.3. The molecule has 0 radical (unpaired) electrons. The number of imide groups is 1. The summed E-state index contributed by atoms with van der Waals surface area (Å²) < 4.78 is 13.0. The molecule has 2 N–H and O–H groups in total. The number of nitrogens with one attached hydrogen (secondary N) is 2. The first kappa shape index (κ1) is 23.2. The summed E-state index contributed by atoms with van der Waals surface area (Å²) in [4.78, 5) is 50.2. The van der Waals surface area contributed by atoms with Crippen molar-refractivity contribution in [3.8, 4) is 0 Å². The van der Waals surface area contributed by atoms with E-state index in [1.54, 1.807) is 31.2 Å². The third-order valence-electron chi connectivity index (χ3n) is 4.60. The van der Waals surface area contributed by atoms with Gasteiger partial charge in [-0.25, -0.2) is 4.39 Å². The van der Waals surface area contributed by atoms with Gasteiger partial charge in [0.25, 0.3) is 17.1 Å². The molecule has 1 fully saturated rings. The van der Waals surface area contributed by atoms with E-state index in [9.17, 15) is 23.6 Å². The van der Waals surface area contributed by atoms with Crippen LogP contribution in [0.15, 0.2) is 59.5 Å². The molecule has 0 aliphatic carbocycles. The molecule has 4 amide bonds. The van der Waals surface area contributed by atoms with Gasteiger partial charge < -0.3 is 10.6 Å². The van der Waals surface area contributed by atoms with Gasteiger partial charge in [-0.05, 0) is 54.6 Å². The second kappa shape index (κ2) is 10.7. The Labute approximate surface area is 189 Å². The van der Waals surface area contributed by atoms with Crippen LogP contribution in [0.2, 0.25) is 0 Å². The highest BCUT2D eigenvalue weighted by molar-refractivity contribution is 8.18.